The number of azo groups is 1. The second kappa shape index (κ2) is 10.6. The second-order valence-electron chi connectivity index (χ2n) is 6.32. The third kappa shape index (κ3) is 5.39. The van der Waals surface area contributed by atoms with E-state index in [-0.39, 0.29) is 5.56 Å². The van der Waals surface area contributed by atoms with Crippen molar-refractivity contribution >= 4 is 23.3 Å². The minimum Gasteiger partial charge on any atom is -0.493 e. The van der Waals surface area contributed by atoms with Crippen molar-refractivity contribution in [3.05, 3.63) is 77.9 Å². The predicted octanol–water partition coefficient (Wildman–Crippen LogP) is 4.82. The van der Waals surface area contributed by atoms with Crippen LogP contribution in [0.25, 0.3) is 0 Å². The Bertz CT molecular complexity index is 1090. The van der Waals surface area contributed by atoms with Crippen LogP contribution in [0.15, 0.2) is 77.0 Å². The van der Waals surface area contributed by atoms with E-state index in [4.69, 9.17) is 19.0 Å². The number of methoxy groups -OCH3 is 3. The molecule has 0 saturated heterocycles. The van der Waals surface area contributed by atoms with Gasteiger partial charge in [0.2, 0.25) is 5.75 Å². The van der Waals surface area contributed by atoms with Crippen molar-refractivity contribution in [2.75, 3.05) is 26.8 Å². The molecule has 0 saturated carbocycles. The fourth-order valence-corrected chi connectivity index (χ4v) is 2.70. The molecule has 32 heavy (non-hydrogen) atoms. The van der Waals surface area contributed by atoms with Crippen LogP contribution in [0, 0.1) is 0 Å². The molecule has 0 fully saturated rings. The molecule has 9 heteroatoms. The summed E-state index contributed by atoms with van der Waals surface area (Å²) in [5.41, 5.74) is 4.19. The molecule has 0 heterocycles. The zero-order chi connectivity index (χ0) is 22.9. The third-order valence-electron chi connectivity index (χ3n) is 4.31. The zero-order valence-corrected chi connectivity index (χ0v) is 17.7. The van der Waals surface area contributed by atoms with Crippen LogP contribution in [0.4, 0.5) is 11.4 Å². The Labute approximate surface area is 184 Å². The van der Waals surface area contributed by atoms with E-state index >= 15 is 0 Å². The zero-order valence-electron chi connectivity index (χ0n) is 17.7. The Morgan fingerprint density at radius 1 is 0.781 bits per heavy atom. The fourth-order valence-electron chi connectivity index (χ4n) is 2.70. The van der Waals surface area contributed by atoms with Crippen LogP contribution in [0.3, 0.4) is 0 Å². The first-order valence-electron chi connectivity index (χ1n) is 9.44. The minimum absolute atomic E-state index is 0.231. The number of carbonyl (C=O) groups is 2. The van der Waals surface area contributed by atoms with E-state index in [1.807, 2.05) is 6.07 Å². The number of amides is 1. The van der Waals surface area contributed by atoms with E-state index in [9.17, 15) is 9.59 Å². The molecule has 164 valence electrons. The van der Waals surface area contributed by atoms with Gasteiger partial charge in [-0.2, -0.15) is 0 Å². The Morgan fingerprint density at radius 2 is 1.41 bits per heavy atom. The van der Waals surface area contributed by atoms with Gasteiger partial charge in [0.1, 0.15) is 0 Å². The highest BCUT2D eigenvalue weighted by atomic mass is 16.7. The summed E-state index contributed by atoms with van der Waals surface area (Å²) in [4.78, 5) is 29.4. The van der Waals surface area contributed by atoms with E-state index in [0.29, 0.717) is 34.2 Å². The van der Waals surface area contributed by atoms with Gasteiger partial charge in [-0.15, -0.1) is 10.2 Å². The Balaban J connectivity index is 1.64. The number of benzene rings is 3. The molecule has 0 aliphatic heterocycles. The maximum Gasteiger partial charge on any atom is 0.362 e. The quantitative estimate of drug-likeness (QED) is 0.399. The summed E-state index contributed by atoms with van der Waals surface area (Å²) in [7, 11) is 4.39. The summed E-state index contributed by atoms with van der Waals surface area (Å²) in [6.07, 6.45) is 0. The Morgan fingerprint density at radius 3 is 1.97 bits per heavy atom. The third-order valence-corrected chi connectivity index (χ3v) is 4.31. The number of hydrogen-bond donors (Lipinski definition) is 1. The van der Waals surface area contributed by atoms with Crippen molar-refractivity contribution in [2.24, 2.45) is 10.2 Å². The van der Waals surface area contributed by atoms with Crippen LogP contribution >= 0.6 is 0 Å². The number of nitrogens with one attached hydrogen (secondary N) is 1. The summed E-state index contributed by atoms with van der Waals surface area (Å²) in [6, 6.07) is 18.1. The summed E-state index contributed by atoms with van der Waals surface area (Å²) in [6.45, 7) is 0. The maximum absolute atomic E-state index is 12.5. The van der Waals surface area contributed by atoms with Crippen LogP contribution in [0.1, 0.15) is 20.7 Å². The van der Waals surface area contributed by atoms with Crippen molar-refractivity contribution in [3.8, 4) is 17.2 Å². The first-order chi connectivity index (χ1) is 15.5. The van der Waals surface area contributed by atoms with E-state index in [2.05, 4.69) is 15.7 Å². The smallest absolute Gasteiger partial charge is 0.362 e. The average Bonchev–Trinajstić information content (AvgIpc) is 2.85. The van der Waals surface area contributed by atoms with Gasteiger partial charge in [-0.25, -0.2) is 10.3 Å². The van der Waals surface area contributed by atoms with Gasteiger partial charge < -0.3 is 19.0 Å². The number of rotatable bonds is 8. The monoisotopic (exact) mass is 435 g/mol. The number of anilines is 1. The molecular weight excluding hydrogens is 414 g/mol. The average molecular weight is 435 g/mol. The largest absolute Gasteiger partial charge is 0.493 e. The van der Waals surface area contributed by atoms with Crippen LogP contribution in [-0.4, -0.2) is 33.2 Å². The molecule has 1 N–H and O–H groups in total. The molecule has 0 unspecified atom stereocenters. The van der Waals surface area contributed by atoms with Crippen molar-refractivity contribution in [1.82, 2.24) is 0 Å². The van der Waals surface area contributed by atoms with Crippen LogP contribution < -0.4 is 19.7 Å². The molecule has 0 aliphatic carbocycles. The molecule has 1 amide bonds. The number of nitrogens with zero attached hydrogens (tertiary/aromatic N) is 2. The molecule has 9 nitrogen and oxygen atoms in total. The van der Waals surface area contributed by atoms with E-state index in [0.717, 1.165) is 0 Å². The molecule has 0 radical (unpaired) electrons. The fraction of sp³-hybridized carbons (Fsp3) is 0.130. The lowest BCUT2D eigenvalue weighted by molar-refractivity contribution is 0.0596. The first-order valence-corrected chi connectivity index (χ1v) is 9.44. The lowest BCUT2D eigenvalue weighted by atomic mass is 10.1. The van der Waals surface area contributed by atoms with Crippen molar-refractivity contribution in [2.45, 2.75) is 0 Å². The van der Waals surface area contributed by atoms with E-state index < -0.39 is 11.9 Å². The summed E-state index contributed by atoms with van der Waals surface area (Å²) in [5, 5.41) is 7.69. The summed E-state index contributed by atoms with van der Waals surface area (Å²) >= 11 is 0. The van der Waals surface area contributed by atoms with Gasteiger partial charge in [0.15, 0.2) is 11.5 Å². The van der Waals surface area contributed by atoms with Gasteiger partial charge >= 0.3 is 5.97 Å². The number of carbonyl (C=O) groups excluding carboxylic acids is 2. The van der Waals surface area contributed by atoms with E-state index in [1.165, 1.54) is 33.5 Å². The van der Waals surface area contributed by atoms with Crippen molar-refractivity contribution < 1.29 is 28.6 Å². The van der Waals surface area contributed by atoms with Crippen LogP contribution in [-0.2, 0) is 4.84 Å². The van der Waals surface area contributed by atoms with Gasteiger partial charge in [0, 0.05) is 0 Å². The highest BCUT2D eigenvalue weighted by Crippen LogP contribution is 2.38. The topological polar surface area (TPSA) is 108 Å². The number of ether oxygens (including phenoxy) is 3. The SMILES string of the molecule is COc1cc(C(=O)N=Nc2ccc(NOC(=O)c3ccccc3)cc2)cc(OC)c1OC. The highest BCUT2D eigenvalue weighted by Gasteiger charge is 2.16. The first kappa shape index (κ1) is 22.3. The van der Waals surface area contributed by atoms with Crippen LogP contribution in [0.2, 0.25) is 0 Å². The van der Waals surface area contributed by atoms with Crippen LogP contribution in [0.5, 0.6) is 17.2 Å². The van der Waals surface area contributed by atoms with Crippen molar-refractivity contribution in [3.63, 3.8) is 0 Å². The summed E-state index contributed by atoms with van der Waals surface area (Å²) < 4.78 is 15.7. The molecular formula is C23H21N3O6. The van der Waals surface area contributed by atoms with Gasteiger partial charge in [0.05, 0.1) is 43.8 Å². The molecule has 0 spiro atoms. The van der Waals surface area contributed by atoms with Gasteiger partial charge in [-0.3, -0.25) is 4.79 Å². The van der Waals surface area contributed by atoms with Gasteiger partial charge in [-0.1, -0.05) is 18.2 Å². The number of hydrogen-bond acceptors (Lipinski definition) is 8. The van der Waals surface area contributed by atoms with Crippen molar-refractivity contribution in [1.29, 1.82) is 0 Å². The Hall–Kier alpha value is -4.40. The highest BCUT2D eigenvalue weighted by molar-refractivity contribution is 5.96. The lowest BCUT2D eigenvalue weighted by Gasteiger charge is -2.12. The molecule has 0 bridgehead atoms. The standard InChI is InChI=1S/C23H21N3O6/c1-29-19-13-16(14-20(30-2)21(19)31-3)22(27)25-24-17-9-11-18(12-10-17)26-32-23(28)15-7-5-4-6-8-15/h4-14,26H,1-3H3. The molecule has 3 aromatic rings. The minimum atomic E-state index is -0.580. The predicted molar refractivity (Wildman–Crippen MR) is 117 cm³/mol. The molecule has 3 aromatic carbocycles. The molecule has 0 aromatic heterocycles. The van der Waals surface area contributed by atoms with Gasteiger partial charge in [0.25, 0.3) is 5.91 Å². The van der Waals surface area contributed by atoms with Gasteiger partial charge in [-0.05, 0) is 48.5 Å². The van der Waals surface area contributed by atoms with E-state index in [1.54, 1.807) is 48.5 Å². The summed E-state index contributed by atoms with van der Waals surface area (Å²) in [5.74, 6) is -0.0372. The lowest BCUT2D eigenvalue weighted by Crippen LogP contribution is -2.10. The molecule has 3 rings (SSSR count). The second-order valence-corrected chi connectivity index (χ2v) is 6.32. The Kier molecular flexibility index (Phi) is 7.37. The molecule has 0 atom stereocenters. The normalized spacial score (nSPS) is 10.5. The molecule has 0 aliphatic rings. The maximum atomic E-state index is 12.5.